The van der Waals surface area contributed by atoms with Gasteiger partial charge < -0.3 is 10.2 Å². The van der Waals surface area contributed by atoms with Gasteiger partial charge in [0.25, 0.3) is 5.91 Å². The van der Waals surface area contributed by atoms with Gasteiger partial charge in [0.15, 0.2) is 0 Å². The van der Waals surface area contributed by atoms with Crippen LogP contribution in [0.1, 0.15) is 39.6 Å². The number of carbonyl (C=O) groups excluding carboxylic acids is 2. The minimum absolute atomic E-state index is 0.110. The molecule has 2 amide bonds. The molecule has 2 heterocycles. The van der Waals surface area contributed by atoms with Gasteiger partial charge in [-0.1, -0.05) is 54.1 Å². The lowest BCUT2D eigenvalue weighted by molar-refractivity contribution is -0.119. The van der Waals surface area contributed by atoms with Gasteiger partial charge in [0.2, 0.25) is 5.91 Å². The van der Waals surface area contributed by atoms with E-state index in [4.69, 9.17) is 11.6 Å². The Morgan fingerprint density at radius 1 is 1.16 bits per heavy atom. The maximum Gasteiger partial charge on any atom is 0.264 e. The van der Waals surface area contributed by atoms with Crippen LogP contribution in [0.4, 0.5) is 5.69 Å². The average molecular weight is 450 g/mol. The second kappa shape index (κ2) is 9.34. The van der Waals surface area contributed by atoms with Gasteiger partial charge in [0, 0.05) is 17.3 Å². The minimum Gasteiger partial charge on any atom is -0.326 e. The molecule has 1 aromatic heterocycles. The van der Waals surface area contributed by atoms with Crippen molar-refractivity contribution in [2.24, 2.45) is 0 Å². The lowest BCUT2D eigenvalue weighted by atomic mass is 9.92. The van der Waals surface area contributed by atoms with E-state index in [0.29, 0.717) is 34.1 Å². The van der Waals surface area contributed by atoms with Crippen molar-refractivity contribution in [1.29, 1.82) is 5.26 Å². The summed E-state index contributed by atoms with van der Waals surface area (Å²) in [6.07, 6.45) is 1.41. The summed E-state index contributed by atoms with van der Waals surface area (Å²) in [6, 6.07) is 20.0. The monoisotopic (exact) mass is 449 g/mol. The van der Waals surface area contributed by atoms with Crippen LogP contribution in [-0.4, -0.2) is 29.3 Å². The van der Waals surface area contributed by atoms with Crippen LogP contribution < -0.4 is 5.32 Å². The first-order valence-electron chi connectivity index (χ1n) is 9.98. The van der Waals surface area contributed by atoms with Gasteiger partial charge in [0.05, 0.1) is 16.9 Å². The number of thiophene rings is 1. The van der Waals surface area contributed by atoms with E-state index >= 15 is 0 Å². The molecule has 0 radical (unpaired) electrons. The maximum absolute atomic E-state index is 12.9. The predicted octanol–water partition coefficient (Wildman–Crippen LogP) is 5.30. The first kappa shape index (κ1) is 21.1. The standard InChI is InChI=1S/C24H20ClN3O2S/c25-20-14-17(10-11-18(20)19(15-26)16-6-2-1-3-7-16)27-23(29)21-8-4-12-28(21)24(30)22-9-5-13-31-22/h1-3,5-7,9-11,13-14,19,21H,4,8,12H2,(H,27,29)/t19?,21-/m0/s1. The first-order chi connectivity index (χ1) is 15.1. The number of nitrogens with one attached hydrogen (secondary N) is 1. The highest BCUT2D eigenvalue weighted by molar-refractivity contribution is 7.12. The van der Waals surface area contributed by atoms with Crippen molar-refractivity contribution < 1.29 is 9.59 Å². The fraction of sp³-hybridized carbons (Fsp3) is 0.208. The normalized spacial score (nSPS) is 16.5. The number of anilines is 1. The van der Waals surface area contributed by atoms with Crippen molar-refractivity contribution in [3.8, 4) is 6.07 Å². The summed E-state index contributed by atoms with van der Waals surface area (Å²) in [5.74, 6) is -0.834. The molecular weight excluding hydrogens is 430 g/mol. The average Bonchev–Trinajstić information content (AvgIpc) is 3.48. The van der Waals surface area contributed by atoms with Crippen molar-refractivity contribution in [2.45, 2.75) is 24.8 Å². The van der Waals surface area contributed by atoms with Gasteiger partial charge >= 0.3 is 0 Å². The number of hydrogen-bond donors (Lipinski definition) is 1. The molecule has 7 heteroatoms. The predicted molar refractivity (Wildman–Crippen MR) is 122 cm³/mol. The van der Waals surface area contributed by atoms with E-state index in [1.807, 2.05) is 41.8 Å². The molecule has 0 saturated carbocycles. The van der Waals surface area contributed by atoms with E-state index in [9.17, 15) is 14.9 Å². The molecule has 1 aliphatic rings. The SMILES string of the molecule is N#CC(c1ccccc1)c1ccc(NC(=O)[C@@H]2CCCN2C(=O)c2cccs2)cc1Cl. The number of halogens is 1. The van der Waals surface area contributed by atoms with Gasteiger partial charge in [-0.3, -0.25) is 9.59 Å². The molecule has 1 saturated heterocycles. The second-order valence-electron chi connectivity index (χ2n) is 7.33. The number of hydrogen-bond acceptors (Lipinski definition) is 4. The molecule has 1 fully saturated rings. The van der Waals surface area contributed by atoms with E-state index in [2.05, 4.69) is 11.4 Å². The van der Waals surface area contributed by atoms with Crippen LogP contribution in [0, 0.1) is 11.3 Å². The quantitative estimate of drug-likeness (QED) is 0.574. The second-order valence-corrected chi connectivity index (χ2v) is 8.69. The topological polar surface area (TPSA) is 73.2 Å². The summed E-state index contributed by atoms with van der Waals surface area (Å²) in [5, 5.41) is 14.8. The Hall–Kier alpha value is -3.14. The Balaban J connectivity index is 1.49. The third kappa shape index (κ3) is 4.48. The van der Waals surface area contributed by atoms with Crippen molar-refractivity contribution in [3.63, 3.8) is 0 Å². The summed E-state index contributed by atoms with van der Waals surface area (Å²) in [7, 11) is 0. The zero-order valence-corrected chi connectivity index (χ0v) is 18.2. The van der Waals surface area contributed by atoms with E-state index < -0.39 is 12.0 Å². The molecule has 0 bridgehead atoms. The molecule has 2 atom stereocenters. The number of rotatable bonds is 5. The molecule has 0 spiro atoms. The van der Waals surface area contributed by atoms with Gasteiger partial charge in [-0.05, 0) is 47.5 Å². The van der Waals surface area contributed by atoms with Gasteiger partial charge in [0.1, 0.15) is 6.04 Å². The third-order valence-corrected chi connectivity index (χ3v) is 6.57. The van der Waals surface area contributed by atoms with Crippen LogP contribution >= 0.6 is 22.9 Å². The Morgan fingerprint density at radius 3 is 2.65 bits per heavy atom. The van der Waals surface area contributed by atoms with Gasteiger partial charge in [-0.25, -0.2) is 0 Å². The van der Waals surface area contributed by atoms with Crippen LogP contribution in [0.5, 0.6) is 0 Å². The highest BCUT2D eigenvalue weighted by Gasteiger charge is 2.35. The van der Waals surface area contributed by atoms with Crippen LogP contribution in [0.3, 0.4) is 0 Å². The number of likely N-dealkylation sites (tertiary alicyclic amines) is 1. The molecule has 5 nitrogen and oxygen atoms in total. The summed E-state index contributed by atoms with van der Waals surface area (Å²) in [4.78, 5) is 27.9. The number of benzene rings is 2. The van der Waals surface area contributed by atoms with Crippen LogP contribution in [0.25, 0.3) is 0 Å². The molecule has 1 N–H and O–H groups in total. The molecule has 31 heavy (non-hydrogen) atoms. The highest BCUT2D eigenvalue weighted by atomic mass is 35.5. The fourth-order valence-corrected chi connectivity index (χ4v) is 4.83. The molecule has 3 aromatic rings. The Kier molecular flexibility index (Phi) is 6.36. The molecule has 4 rings (SSSR count). The molecule has 0 aliphatic carbocycles. The Bertz CT molecular complexity index is 1130. The lowest BCUT2D eigenvalue weighted by Gasteiger charge is -2.23. The smallest absolute Gasteiger partial charge is 0.264 e. The molecule has 2 aromatic carbocycles. The van der Waals surface area contributed by atoms with E-state index in [1.165, 1.54) is 11.3 Å². The highest BCUT2D eigenvalue weighted by Crippen LogP contribution is 2.32. The van der Waals surface area contributed by atoms with Crippen molar-refractivity contribution in [1.82, 2.24) is 4.90 Å². The van der Waals surface area contributed by atoms with Crippen LogP contribution in [-0.2, 0) is 4.79 Å². The fourth-order valence-electron chi connectivity index (χ4n) is 3.86. The summed E-state index contributed by atoms with van der Waals surface area (Å²) >= 11 is 7.85. The Morgan fingerprint density at radius 2 is 1.97 bits per heavy atom. The molecule has 1 aliphatic heterocycles. The van der Waals surface area contributed by atoms with E-state index in [-0.39, 0.29) is 11.8 Å². The zero-order valence-electron chi connectivity index (χ0n) is 16.6. The lowest BCUT2D eigenvalue weighted by Crippen LogP contribution is -2.42. The third-order valence-electron chi connectivity index (χ3n) is 5.39. The summed E-state index contributed by atoms with van der Waals surface area (Å²) in [5.41, 5.74) is 2.08. The molecule has 1 unspecified atom stereocenters. The zero-order chi connectivity index (χ0) is 21.8. The summed E-state index contributed by atoms with van der Waals surface area (Å²) < 4.78 is 0. The number of nitriles is 1. The van der Waals surface area contributed by atoms with Crippen molar-refractivity contribution in [2.75, 3.05) is 11.9 Å². The van der Waals surface area contributed by atoms with Gasteiger partial charge in [-0.15, -0.1) is 11.3 Å². The van der Waals surface area contributed by atoms with E-state index in [0.717, 1.165) is 12.0 Å². The first-order valence-corrected chi connectivity index (χ1v) is 11.2. The number of nitrogens with zero attached hydrogens (tertiary/aromatic N) is 2. The maximum atomic E-state index is 12.9. The summed E-state index contributed by atoms with van der Waals surface area (Å²) in [6.45, 7) is 0.565. The van der Waals surface area contributed by atoms with E-state index in [1.54, 1.807) is 29.2 Å². The number of carbonyl (C=O) groups is 2. The van der Waals surface area contributed by atoms with Crippen LogP contribution in [0.2, 0.25) is 5.02 Å². The Labute approximate surface area is 189 Å². The van der Waals surface area contributed by atoms with Crippen molar-refractivity contribution in [3.05, 3.63) is 87.1 Å². The van der Waals surface area contributed by atoms with Crippen LogP contribution in [0.15, 0.2) is 66.0 Å². The number of amides is 2. The van der Waals surface area contributed by atoms with Gasteiger partial charge in [-0.2, -0.15) is 5.26 Å². The largest absolute Gasteiger partial charge is 0.326 e. The minimum atomic E-state index is -0.510. The molecular formula is C24H20ClN3O2S. The molecule has 156 valence electrons. The van der Waals surface area contributed by atoms with Crippen molar-refractivity contribution >= 4 is 40.4 Å².